The van der Waals surface area contributed by atoms with Gasteiger partial charge in [0.15, 0.2) is 0 Å². The molecule has 1 aromatic carbocycles. The van der Waals surface area contributed by atoms with Gasteiger partial charge in [-0.1, -0.05) is 30.3 Å². The van der Waals surface area contributed by atoms with Crippen molar-refractivity contribution in [1.82, 2.24) is 4.72 Å². The second kappa shape index (κ2) is 5.83. The largest absolute Gasteiger partial charge is 0.477 e. The van der Waals surface area contributed by atoms with Crippen molar-refractivity contribution in [3.8, 4) is 0 Å². The van der Waals surface area contributed by atoms with Crippen molar-refractivity contribution in [1.29, 1.82) is 0 Å². The molecule has 0 radical (unpaired) electrons. The van der Waals surface area contributed by atoms with Gasteiger partial charge in [-0.3, -0.25) is 0 Å². The number of rotatable bonds is 6. The molecule has 1 fully saturated rings. The summed E-state index contributed by atoms with van der Waals surface area (Å²) in [6.45, 7) is 0.375. The summed E-state index contributed by atoms with van der Waals surface area (Å²) in [6.07, 6.45) is 0.969. The third-order valence-electron chi connectivity index (χ3n) is 3.78. The maximum Gasteiger partial charge on any atom is 0.345 e. The highest BCUT2D eigenvalue weighted by Gasteiger charge is 2.38. The fourth-order valence-electron chi connectivity index (χ4n) is 2.45. The van der Waals surface area contributed by atoms with E-state index in [0.717, 1.165) is 17.8 Å². The SMILES string of the molecule is O=C(O)c1cc(S(=O)(=O)NC[C@@H]2C[C@H]2c2ccccc2)cs1. The molecule has 2 atom stereocenters. The zero-order valence-electron chi connectivity index (χ0n) is 11.6. The fraction of sp³-hybridized carbons (Fsp3) is 0.267. The second-order valence-electron chi connectivity index (χ2n) is 5.32. The molecule has 0 unspecified atom stereocenters. The Labute approximate surface area is 132 Å². The first-order valence-electron chi connectivity index (χ1n) is 6.84. The van der Waals surface area contributed by atoms with E-state index in [1.165, 1.54) is 17.0 Å². The Hall–Kier alpha value is -1.70. The second-order valence-corrected chi connectivity index (χ2v) is 7.99. The van der Waals surface area contributed by atoms with Crippen molar-refractivity contribution in [2.24, 2.45) is 5.92 Å². The average molecular weight is 337 g/mol. The molecule has 3 rings (SSSR count). The van der Waals surface area contributed by atoms with Crippen LogP contribution >= 0.6 is 11.3 Å². The molecule has 1 aliphatic rings. The van der Waals surface area contributed by atoms with Crippen LogP contribution in [0.15, 0.2) is 46.7 Å². The van der Waals surface area contributed by atoms with Crippen LogP contribution in [-0.4, -0.2) is 26.0 Å². The lowest BCUT2D eigenvalue weighted by atomic mass is 10.1. The molecule has 5 nitrogen and oxygen atoms in total. The molecular formula is C15H15NO4S2. The van der Waals surface area contributed by atoms with Gasteiger partial charge in [-0.2, -0.15) is 0 Å². The average Bonchev–Trinajstić information content (AvgIpc) is 3.09. The van der Waals surface area contributed by atoms with Gasteiger partial charge in [0.05, 0.1) is 4.90 Å². The van der Waals surface area contributed by atoms with Crippen LogP contribution in [-0.2, 0) is 10.0 Å². The van der Waals surface area contributed by atoms with Crippen LogP contribution < -0.4 is 4.72 Å². The van der Waals surface area contributed by atoms with Crippen LogP contribution in [0.2, 0.25) is 0 Å². The van der Waals surface area contributed by atoms with E-state index in [9.17, 15) is 13.2 Å². The van der Waals surface area contributed by atoms with Crippen LogP contribution in [0.1, 0.15) is 27.6 Å². The summed E-state index contributed by atoms with van der Waals surface area (Å²) in [5.41, 5.74) is 1.23. The van der Waals surface area contributed by atoms with Crippen LogP contribution in [0.4, 0.5) is 0 Å². The van der Waals surface area contributed by atoms with Gasteiger partial charge in [0.2, 0.25) is 10.0 Å². The lowest BCUT2D eigenvalue weighted by Gasteiger charge is -2.04. The lowest BCUT2D eigenvalue weighted by molar-refractivity contribution is 0.0702. The number of hydrogen-bond acceptors (Lipinski definition) is 4. The summed E-state index contributed by atoms with van der Waals surface area (Å²) in [5.74, 6) is -0.409. The van der Waals surface area contributed by atoms with E-state index in [-0.39, 0.29) is 9.77 Å². The number of sulfonamides is 1. The Morgan fingerprint density at radius 3 is 2.68 bits per heavy atom. The summed E-state index contributed by atoms with van der Waals surface area (Å²) >= 11 is 0.913. The van der Waals surface area contributed by atoms with Gasteiger partial charge < -0.3 is 5.11 Å². The molecule has 0 amide bonds. The number of carbonyl (C=O) groups is 1. The maximum absolute atomic E-state index is 12.1. The van der Waals surface area contributed by atoms with Crippen LogP contribution in [0.3, 0.4) is 0 Å². The minimum Gasteiger partial charge on any atom is -0.477 e. The summed E-state index contributed by atoms with van der Waals surface area (Å²) in [5, 5.41) is 10.2. The van der Waals surface area contributed by atoms with Crippen molar-refractivity contribution in [2.45, 2.75) is 17.2 Å². The molecule has 0 aliphatic heterocycles. The molecule has 0 spiro atoms. The molecule has 22 heavy (non-hydrogen) atoms. The zero-order valence-corrected chi connectivity index (χ0v) is 13.2. The Kier molecular flexibility index (Phi) is 4.03. The molecule has 1 aliphatic carbocycles. The predicted octanol–water partition coefficient (Wildman–Crippen LogP) is 2.53. The van der Waals surface area contributed by atoms with E-state index in [4.69, 9.17) is 5.11 Å². The highest BCUT2D eigenvalue weighted by Crippen LogP contribution is 2.46. The first-order valence-corrected chi connectivity index (χ1v) is 9.20. The number of aromatic carboxylic acids is 1. The van der Waals surface area contributed by atoms with Crippen molar-refractivity contribution < 1.29 is 18.3 Å². The van der Waals surface area contributed by atoms with Gasteiger partial charge in [0, 0.05) is 11.9 Å². The van der Waals surface area contributed by atoms with Gasteiger partial charge in [-0.05, 0) is 29.9 Å². The van der Waals surface area contributed by atoms with Crippen molar-refractivity contribution in [3.63, 3.8) is 0 Å². The number of hydrogen-bond donors (Lipinski definition) is 2. The quantitative estimate of drug-likeness (QED) is 0.848. The van der Waals surface area contributed by atoms with Gasteiger partial charge in [0.25, 0.3) is 0 Å². The standard InChI is InChI=1S/C15H15NO4S2/c17-15(18)14-7-12(9-21-14)22(19,20)16-8-11-6-13(11)10-4-2-1-3-5-10/h1-5,7,9,11,13,16H,6,8H2,(H,17,18)/t11-,13-/m0/s1. The number of carboxylic acid groups (broad SMARTS) is 1. The molecule has 0 saturated heterocycles. The third-order valence-corrected chi connectivity index (χ3v) is 6.25. The molecule has 1 aromatic heterocycles. The number of benzene rings is 1. The molecule has 2 N–H and O–H groups in total. The molecule has 1 heterocycles. The van der Waals surface area contributed by atoms with E-state index in [1.54, 1.807) is 0 Å². The maximum atomic E-state index is 12.1. The Balaban J connectivity index is 1.60. The highest BCUT2D eigenvalue weighted by atomic mass is 32.2. The Bertz CT molecular complexity index is 783. The summed E-state index contributed by atoms with van der Waals surface area (Å²) in [6, 6.07) is 11.2. The first kappa shape index (κ1) is 15.2. The van der Waals surface area contributed by atoms with E-state index in [0.29, 0.717) is 18.4 Å². The summed E-state index contributed by atoms with van der Waals surface area (Å²) < 4.78 is 26.9. The van der Waals surface area contributed by atoms with Crippen molar-refractivity contribution in [2.75, 3.05) is 6.54 Å². The normalized spacial score (nSPS) is 20.7. The highest BCUT2D eigenvalue weighted by molar-refractivity contribution is 7.89. The third kappa shape index (κ3) is 3.21. The molecule has 116 valence electrons. The molecule has 7 heteroatoms. The van der Waals surface area contributed by atoms with Gasteiger partial charge in [0.1, 0.15) is 4.88 Å². The number of nitrogens with one attached hydrogen (secondary N) is 1. The minimum atomic E-state index is -3.64. The monoisotopic (exact) mass is 337 g/mol. The van der Waals surface area contributed by atoms with E-state index in [2.05, 4.69) is 16.9 Å². The van der Waals surface area contributed by atoms with E-state index < -0.39 is 16.0 Å². The van der Waals surface area contributed by atoms with Crippen LogP contribution in [0.25, 0.3) is 0 Å². The Morgan fingerprint density at radius 2 is 2.05 bits per heavy atom. The van der Waals surface area contributed by atoms with Gasteiger partial charge in [-0.25, -0.2) is 17.9 Å². The van der Waals surface area contributed by atoms with E-state index in [1.807, 2.05) is 18.2 Å². The predicted molar refractivity (Wildman–Crippen MR) is 83.8 cm³/mol. The van der Waals surface area contributed by atoms with E-state index >= 15 is 0 Å². The summed E-state index contributed by atoms with van der Waals surface area (Å²) in [7, 11) is -3.64. The van der Waals surface area contributed by atoms with Crippen molar-refractivity contribution >= 4 is 27.3 Å². The van der Waals surface area contributed by atoms with Crippen LogP contribution in [0, 0.1) is 5.92 Å². The van der Waals surface area contributed by atoms with Crippen molar-refractivity contribution in [3.05, 3.63) is 52.2 Å². The zero-order chi connectivity index (χ0) is 15.7. The molecular weight excluding hydrogens is 322 g/mol. The topological polar surface area (TPSA) is 83.5 Å². The lowest BCUT2D eigenvalue weighted by Crippen LogP contribution is -2.25. The minimum absolute atomic E-state index is 0.0202. The number of thiophene rings is 1. The van der Waals surface area contributed by atoms with Gasteiger partial charge in [-0.15, -0.1) is 11.3 Å². The Morgan fingerprint density at radius 1 is 1.32 bits per heavy atom. The number of carboxylic acids is 1. The van der Waals surface area contributed by atoms with Crippen LogP contribution in [0.5, 0.6) is 0 Å². The molecule has 0 bridgehead atoms. The summed E-state index contributed by atoms with van der Waals surface area (Å²) in [4.78, 5) is 10.9. The molecule has 2 aromatic rings. The van der Waals surface area contributed by atoms with Gasteiger partial charge >= 0.3 is 5.97 Å². The molecule has 1 saturated carbocycles. The fourth-order valence-corrected chi connectivity index (χ4v) is 4.66. The first-order chi connectivity index (χ1) is 10.5. The smallest absolute Gasteiger partial charge is 0.345 e.